The van der Waals surface area contributed by atoms with Crippen molar-refractivity contribution < 1.29 is 9.53 Å². The number of carbonyl (C=O) groups is 1. The van der Waals surface area contributed by atoms with Gasteiger partial charge in [0, 0.05) is 16.0 Å². The Hall–Kier alpha value is -2.61. The summed E-state index contributed by atoms with van der Waals surface area (Å²) in [4.78, 5) is 17.3. The van der Waals surface area contributed by atoms with E-state index in [0.717, 1.165) is 23.2 Å². The first-order valence-corrected chi connectivity index (χ1v) is 10.5. The van der Waals surface area contributed by atoms with Crippen molar-refractivity contribution in [3.05, 3.63) is 63.5 Å². The van der Waals surface area contributed by atoms with Crippen LogP contribution in [0.5, 0.6) is 5.75 Å². The summed E-state index contributed by atoms with van der Waals surface area (Å²) in [5.74, 6) is 0.574. The number of para-hydroxylation sites is 1. The van der Waals surface area contributed by atoms with Gasteiger partial charge in [0.1, 0.15) is 5.75 Å². The Kier molecular flexibility index (Phi) is 5.71. The van der Waals surface area contributed by atoms with Crippen LogP contribution in [0.15, 0.2) is 47.8 Å². The summed E-state index contributed by atoms with van der Waals surface area (Å²) in [7, 11) is 0. The molecule has 2 heterocycles. The van der Waals surface area contributed by atoms with Crippen LogP contribution in [0.3, 0.4) is 0 Å². The Morgan fingerprint density at radius 3 is 2.86 bits per heavy atom. The molecular formula is C20H16Cl2N4O2S. The number of thiazole rings is 1. The van der Waals surface area contributed by atoms with Crippen LogP contribution in [0.2, 0.25) is 10.0 Å². The zero-order valence-electron chi connectivity index (χ0n) is 15.4. The van der Waals surface area contributed by atoms with Gasteiger partial charge in [-0.1, -0.05) is 48.3 Å². The van der Waals surface area contributed by atoms with E-state index in [1.807, 2.05) is 42.6 Å². The number of halogens is 2. The van der Waals surface area contributed by atoms with Crippen molar-refractivity contribution in [2.75, 3.05) is 11.9 Å². The molecule has 4 rings (SSSR count). The van der Waals surface area contributed by atoms with E-state index in [0.29, 0.717) is 20.8 Å². The van der Waals surface area contributed by atoms with Gasteiger partial charge < -0.3 is 4.74 Å². The van der Waals surface area contributed by atoms with E-state index in [2.05, 4.69) is 15.4 Å². The second-order valence-electron chi connectivity index (χ2n) is 6.17. The highest BCUT2D eigenvalue weighted by Gasteiger charge is 2.16. The number of anilines is 1. The Balaban J connectivity index is 1.49. The van der Waals surface area contributed by atoms with Gasteiger partial charge in [0.05, 0.1) is 10.7 Å². The molecule has 1 N–H and O–H groups in total. The second-order valence-corrected chi connectivity index (χ2v) is 7.85. The molecule has 0 saturated carbocycles. The van der Waals surface area contributed by atoms with Crippen molar-refractivity contribution in [2.45, 2.75) is 13.3 Å². The van der Waals surface area contributed by atoms with E-state index in [1.54, 1.807) is 16.6 Å². The molecular weight excluding hydrogens is 431 g/mol. The average molecular weight is 447 g/mol. The number of nitrogens with one attached hydrogen (secondary N) is 1. The van der Waals surface area contributed by atoms with Gasteiger partial charge >= 0.3 is 0 Å². The standard InChI is InChI=1S/C20H16Cl2N4O2S/c1-2-12-5-3-4-6-17(12)28-10-18(27)23-19-24-20-26(25-19)16(11-29-20)14-8-7-13(21)9-15(14)22/h3-9,11H,2,10H2,1H3,(H,23,25,27). The van der Waals surface area contributed by atoms with Crippen LogP contribution in [0.25, 0.3) is 16.2 Å². The number of carbonyl (C=O) groups excluding carboxylic acids is 1. The number of rotatable bonds is 6. The molecule has 148 valence electrons. The lowest BCUT2D eigenvalue weighted by Gasteiger charge is -2.09. The molecule has 0 saturated heterocycles. The summed E-state index contributed by atoms with van der Waals surface area (Å²) in [5, 5.41) is 10.0. The molecule has 0 aliphatic carbocycles. The molecule has 0 bridgehead atoms. The van der Waals surface area contributed by atoms with E-state index in [-0.39, 0.29) is 18.5 Å². The van der Waals surface area contributed by atoms with Crippen LogP contribution in [0.4, 0.5) is 5.95 Å². The molecule has 0 radical (unpaired) electrons. The Morgan fingerprint density at radius 1 is 1.24 bits per heavy atom. The van der Waals surface area contributed by atoms with Crippen LogP contribution < -0.4 is 10.1 Å². The molecule has 2 aromatic heterocycles. The van der Waals surface area contributed by atoms with Crippen molar-refractivity contribution in [1.82, 2.24) is 14.6 Å². The summed E-state index contributed by atoms with van der Waals surface area (Å²) >= 11 is 13.7. The first-order chi connectivity index (χ1) is 14.0. The molecule has 0 fully saturated rings. The Morgan fingerprint density at radius 2 is 2.07 bits per heavy atom. The second kappa shape index (κ2) is 8.41. The summed E-state index contributed by atoms with van der Waals surface area (Å²) < 4.78 is 7.28. The summed E-state index contributed by atoms with van der Waals surface area (Å²) in [6.07, 6.45) is 0.826. The van der Waals surface area contributed by atoms with Gasteiger partial charge in [0.2, 0.25) is 4.96 Å². The van der Waals surface area contributed by atoms with Crippen molar-refractivity contribution in [3.8, 4) is 17.0 Å². The van der Waals surface area contributed by atoms with E-state index in [4.69, 9.17) is 27.9 Å². The maximum Gasteiger partial charge on any atom is 0.264 e. The quantitative estimate of drug-likeness (QED) is 0.433. The molecule has 4 aromatic rings. The van der Waals surface area contributed by atoms with Crippen molar-refractivity contribution >= 4 is 51.4 Å². The molecule has 6 nitrogen and oxygen atoms in total. The third-order valence-electron chi connectivity index (χ3n) is 4.25. The van der Waals surface area contributed by atoms with Gasteiger partial charge in [-0.3, -0.25) is 10.1 Å². The predicted molar refractivity (Wildman–Crippen MR) is 116 cm³/mol. The third-order valence-corrected chi connectivity index (χ3v) is 5.62. The van der Waals surface area contributed by atoms with Crippen LogP contribution in [-0.2, 0) is 11.2 Å². The predicted octanol–water partition coefficient (Wildman–Crippen LogP) is 5.34. The maximum atomic E-state index is 12.3. The largest absolute Gasteiger partial charge is 0.483 e. The zero-order chi connectivity index (χ0) is 20.4. The summed E-state index contributed by atoms with van der Waals surface area (Å²) in [6.45, 7) is 1.91. The van der Waals surface area contributed by atoms with Gasteiger partial charge in [-0.25, -0.2) is 4.52 Å². The molecule has 2 aromatic carbocycles. The summed E-state index contributed by atoms with van der Waals surface area (Å²) in [5.41, 5.74) is 2.60. The third kappa shape index (κ3) is 4.22. The fourth-order valence-electron chi connectivity index (χ4n) is 2.86. The lowest BCUT2D eigenvalue weighted by atomic mass is 10.1. The molecule has 0 atom stereocenters. The summed E-state index contributed by atoms with van der Waals surface area (Å²) in [6, 6.07) is 12.9. The van der Waals surface area contributed by atoms with Crippen LogP contribution in [0.1, 0.15) is 12.5 Å². The first-order valence-electron chi connectivity index (χ1n) is 8.85. The lowest BCUT2D eigenvalue weighted by molar-refractivity contribution is -0.118. The van der Waals surface area contributed by atoms with Crippen molar-refractivity contribution in [1.29, 1.82) is 0 Å². The number of nitrogens with zero attached hydrogens (tertiary/aromatic N) is 3. The number of ether oxygens (including phenoxy) is 1. The number of hydrogen-bond acceptors (Lipinski definition) is 5. The topological polar surface area (TPSA) is 68.5 Å². The number of hydrogen-bond donors (Lipinski definition) is 1. The highest BCUT2D eigenvalue weighted by Crippen LogP contribution is 2.33. The van der Waals surface area contributed by atoms with Gasteiger partial charge in [-0.15, -0.1) is 16.4 Å². The fourth-order valence-corrected chi connectivity index (χ4v) is 4.19. The number of aryl methyl sites for hydroxylation is 1. The van der Waals surface area contributed by atoms with Crippen LogP contribution in [0, 0.1) is 0 Å². The molecule has 0 spiro atoms. The smallest absolute Gasteiger partial charge is 0.264 e. The molecule has 29 heavy (non-hydrogen) atoms. The van der Waals surface area contributed by atoms with E-state index in [9.17, 15) is 4.79 Å². The number of amides is 1. The maximum absolute atomic E-state index is 12.3. The zero-order valence-corrected chi connectivity index (χ0v) is 17.7. The minimum absolute atomic E-state index is 0.125. The fraction of sp³-hybridized carbons (Fsp3) is 0.150. The highest BCUT2D eigenvalue weighted by atomic mass is 35.5. The van der Waals surface area contributed by atoms with E-state index < -0.39 is 0 Å². The lowest BCUT2D eigenvalue weighted by Crippen LogP contribution is -2.21. The minimum Gasteiger partial charge on any atom is -0.483 e. The minimum atomic E-state index is -0.333. The normalized spacial score (nSPS) is 11.0. The monoisotopic (exact) mass is 446 g/mol. The molecule has 0 aliphatic rings. The molecule has 9 heteroatoms. The van der Waals surface area contributed by atoms with Gasteiger partial charge in [0.15, 0.2) is 6.61 Å². The van der Waals surface area contributed by atoms with E-state index in [1.165, 1.54) is 11.3 Å². The van der Waals surface area contributed by atoms with Crippen LogP contribution in [-0.4, -0.2) is 27.1 Å². The number of fused-ring (bicyclic) bond motifs is 1. The molecule has 1 amide bonds. The Bertz CT molecular complexity index is 1190. The molecule has 0 aliphatic heterocycles. The molecule has 0 unspecified atom stereocenters. The SMILES string of the molecule is CCc1ccccc1OCC(=O)Nc1nc2scc(-c3ccc(Cl)cc3Cl)n2n1. The van der Waals surface area contributed by atoms with Crippen molar-refractivity contribution in [2.24, 2.45) is 0 Å². The van der Waals surface area contributed by atoms with E-state index >= 15 is 0 Å². The number of aromatic nitrogens is 3. The van der Waals surface area contributed by atoms with Gasteiger partial charge in [-0.2, -0.15) is 4.98 Å². The van der Waals surface area contributed by atoms with Crippen LogP contribution >= 0.6 is 34.5 Å². The first kappa shape index (κ1) is 19.7. The van der Waals surface area contributed by atoms with Gasteiger partial charge in [-0.05, 0) is 36.2 Å². The Labute approximate surface area is 181 Å². The highest BCUT2D eigenvalue weighted by molar-refractivity contribution is 7.15. The van der Waals surface area contributed by atoms with Crippen molar-refractivity contribution in [3.63, 3.8) is 0 Å². The van der Waals surface area contributed by atoms with Gasteiger partial charge in [0.25, 0.3) is 11.9 Å². The average Bonchev–Trinajstić information content (AvgIpc) is 3.27. The number of benzene rings is 2.